The van der Waals surface area contributed by atoms with E-state index in [0.717, 1.165) is 25.9 Å². The maximum absolute atomic E-state index is 12.2. The molecule has 1 aliphatic rings. The zero-order chi connectivity index (χ0) is 15.5. The Morgan fingerprint density at radius 2 is 2.19 bits per heavy atom. The Bertz CT molecular complexity index is 622. The summed E-state index contributed by atoms with van der Waals surface area (Å²) in [5.41, 5.74) is 1.02. The molecule has 0 aromatic heterocycles. The van der Waals surface area contributed by atoms with E-state index in [4.69, 9.17) is 9.88 Å². The Hall–Kier alpha value is -1.44. The van der Waals surface area contributed by atoms with E-state index in [2.05, 4.69) is 5.32 Å². The molecule has 0 radical (unpaired) electrons. The van der Waals surface area contributed by atoms with Gasteiger partial charge >= 0.3 is 0 Å². The van der Waals surface area contributed by atoms with Crippen LogP contribution in [0.5, 0.6) is 0 Å². The Morgan fingerprint density at radius 1 is 1.43 bits per heavy atom. The highest BCUT2D eigenvalue weighted by molar-refractivity contribution is 7.89. The Labute approximate surface area is 124 Å². The first-order valence-corrected chi connectivity index (χ1v) is 8.46. The number of hydrogen-bond donors (Lipinski definition) is 2. The van der Waals surface area contributed by atoms with Gasteiger partial charge in [0.25, 0.3) is 5.91 Å². The number of hydrogen-bond acceptors (Lipinski definition) is 4. The molecule has 1 unspecified atom stereocenters. The maximum Gasteiger partial charge on any atom is 0.251 e. The van der Waals surface area contributed by atoms with E-state index in [-0.39, 0.29) is 16.9 Å². The molecule has 1 amide bonds. The van der Waals surface area contributed by atoms with Crippen LogP contribution in [-0.2, 0) is 14.8 Å². The number of carbonyl (C=O) groups is 1. The molecule has 3 N–H and O–H groups in total. The second-order valence-corrected chi connectivity index (χ2v) is 6.78. The molecule has 1 fully saturated rings. The molecule has 1 aliphatic heterocycles. The maximum atomic E-state index is 12.2. The van der Waals surface area contributed by atoms with E-state index in [0.29, 0.717) is 17.7 Å². The Morgan fingerprint density at radius 3 is 2.81 bits per heavy atom. The molecular formula is C14H20N2O4S. The van der Waals surface area contributed by atoms with Crippen LogP contribution in [0, 0.1) is 6.92 Å². The molecule has 116 valence electrons. The minimum absolute atomic E-state index is 0.0319. The van der Waals surface area contributed by atoms with Crippen molar-refractivity contribution in [3.8, 4) is 0 Å². The van der Waals surface area contributed by atoms with Crippen molar-refractivity contribution < 1.29 is 17.9 Å². The van der Waals surface area contributed by atoms with Gasteiger partial charge < -0.3 is 10.1 Å². The fraction of sp³-hybridized carbons (Fsp3) is 0.500. The lowest BCUT2D eigenvalue weighted by Crippen LogP contribution is -2.35. The summed E-state index contributed by atoms with van der Waals surface area (Å²) >= 11 is 0. The van der Waals surface area contributed by atoms with Crippen LogP contribution in [-0.4, -0.2) is 33.6 Å². The summed E-state index contributed by atoms with van der Waals surface area (Å²) in [7, 11) is -3.82. The number of sulfonamides is 1. The summed E-state index contributed by atoms with van der Waals surface area (Å²) in [4.78, 5) is 12.1. The molecule has 0 saturated carbocycles. The van der Waals surface area contributed by atoms with Crippen LogP contribution in [0.4, 0.5) is 0 Å². The average Bonchev–Trinajstić information content (AvgIpc) is 2.45. The van der Waals surface area contributed by atoms with Crippen molar-refractivity contribution in [3.63, 3.8) is 0 Å². The number of nitrogens with one attached hydrogen (secondary N) is 1. The molecular weight excluding hydrogens is 292 g/mol. The number of rotatable bonds is 4. The van der Waals surface area contributed by atoms with Crippen LogP contribution < -0.4 is 10.5 Å². The summed E-state index contributed by atoms with van der Waals surface area (Å²) in [5, 5.41) is 7.88. The van der Waals surface area contributed by atoms with Crippen molar-refractivity contribution in [3.05, 3.63) is 29.3 Å². The minimum Gasteiger partial charge on any atom is -0.376 e. The molecule has 1 heterocycles. The van der Waals surface area contributed by atoms with Gasteiger partial charge in [0.2, 0.25) is 10.0 Å². The van der Waals surface area contributed by atoms with Gasteiger partial charge in [0.05, 0.1) is 11.0 Å². The first-order chi connectivity index (χ1) is 9.88. The van der Waals surface area contributed by atoms with Gasteiger partial charge in [-0.05, 0) is 43.9 Å². The summed E-state index contributed by atoms with van der Waals surface area (Å²) in [6.07, 6.45) is 3.11. The van der Waals surface area contributed by atoms with E-state index in [1.807, 2.05) is 0 Å². The lowest BCUT2D eigenvalue weighted by Gasteiger charge is -2.22. The molecule has 21 heavy (non-hydrogen) atoms. The van der Waals surface area contributed by atoms with Crippen molar-refractivity contribution in [1.29, 1.82) is 0 Å². The molecule has 0 spiro atoms. The normalized spacial score (nSPS) is 19.2. The molecule has 0 aliphatic carbocycles. The highest BCUT2D eigenvalue weighted by Gasteiger charge is 2.18. The summed E-state index contributed by atoms with van der Waals surface area (Å²) in [6.45, 7) is 2.90. The Balaban J connectivity index is 2.07. The third kappa shape index (κ3) is 4.26. The Kier molecular flexibility index (Phi) is 4.97. The largest absolute Gasteiger partial charge is 0.376 e. The van der Waals surface area contributed by atoms with Gasteiger partial charge in [-0.2, -0.15) is 0 Å². The smallest absolute Gasteiger partial charge is 0.251 e. The lowest BCUT2D eigenvalue weighted by atomic mass is 10.1. The van der Waals surface area contributed by atoms with Crippen molar-refractivity contribution in [2.45, 2.75) is 37.2 Å². The zero-order valence-electron chi connectivity index (χ0n) is 12.0. The van der Waals surface area contributed by atoms with Gasteiger partial charge in [-0.15, -0.1) is 0 Å². The number of amides is 1. The molecule has 2 rings (SSSR count). The third-order valence-corrected chi connectivity index (χ3v) is 4.46. The molecule has 1 aromatic rings. The number of benzene rings is 1. The first kappa shape index (κ1) is 15.9. The third-order valence-electron chi connectivity index (χ3n) is 3.55. The number of ether oxygens (including phenoxy) is 1. The SMILES string of the molecule is Cc1ccc(S(N)(=O)=O)cc1C(=O)NCC1CCCCO1. The molecule has 7 heteroatoms. The molecule has 1 aromatic carbocycles. The zero-order valence-corrected chi connectivity index (χ0v) is 12.8. The molecule has 1 atom stereocenters. The standard InChI is InChI=1S/C14H20N2O4S/c1-10-5-6-12(21(15,18)19)8-13(10)14(17)16-9-11-4-2-3-7-20-11/h5-6,8,11H,2-4,7,9H2,1H3,(H,16,17)(H2,15,18,19). The molecule has 6 nitrogen and oxygen atoms in total. The summed E-state index contributed by atoms with van der Waals surface area (Å²) in [6, 6.07) is 4.28. The fourth-order valence-corrected chi connectivity index (χ4v) is 2.83. The predicted molar refractivity (Wildman–Crippen MR) is 78.5 cm³/mol. The number of carbonyl (C=O) groups excluding carboxylic acids is 1. The lowest BCUT2D eigenvalue weighted by molar-refractivity contribution is 0.0169. The van der Waals surface area contributed by atoms with Gasteiger partial charge in [0.1, 0.15) is 0 Å². The number of nitrogens with two attached hydrogens (primary N) is 1. The van der Waals surface area contributed by atoms with Crippen molar-refractivity contribution in [1.82, 2.24) is 5.32 Å². The second kappa shape index (κ2) is 6.55. The molecule has 0 bridgehead atoms. The van der Waals surface area contributed by atoms with Gasteiger partial charge in [-0.25, -0.2) is 13.6 Å². The van der Waals surface area contributed by atoms with Crippen molar-refractivity contribution in [2.75, 3.05) is 13.2 Å². The topological polar surface area (TPSA) is 98.5 Å². The second-order valence-electron chi connectivity index (χ2n) is 5.22. The van der Waals surface area contributed by atoms with E-state index in [1.54, 1.807) is 13.0 Å². The van der Waals surface area contributed by atoms with E-state index >= 15 is 0 Å². The number of primary sulfonamides is 1. The van der Waals surface area contributed by atoms with Crippen LogP contribution in [0.3, 0.4) is 0 Å². The predicted octanol–water partition coefficient (Wildman–Crippen LogP) is 0.941. The quantitative estimate of drug-likeness (QED) is 0.864. The number of aryl methyl sites for hydroxylation is 1. The van der Waals surface area contributed by atoms with E-state index in [1.165, 1.54) is 12.1 Å². The first-order valence-electron chi connectivity index (χ1n) is 6.91. The van der Waals surface area contributed by atoms with Crippen molar-refractivity contribution >= 4 is 15.9 Å². The molecule has 1 saturated heterocycles. The average molecular weight is 312 g/mol. The van der Waals surface area contributed by atoms with Crippen LogP contribution in [0.2, 0.25) is 0 Å². The highest BCUT2D eigenvalue weighted by atomic mass is 32.2. The van der Waals surface area contributed by atoms with E-state index in [9.17, 15) is 13.2 Å². The fourth-order valence-electron chi connectivity index (χ4n) is 2.29. The summed E-state index contributed by atoms with van der Waals surface area (Å²) < 4.78 is 28.2. The minimum atomic E-state index is -3.82. The van der Waals surface area contributed by atoms with Gasteiger partial charge in [0.15, 0.2) is 0 Å². The van der Waals surface area contributed by atoms with Crippen LogP contribution in [0.1, 0.15) is 35.2 Å². The van der Waals surface area contributed by atoms with Crippen molar-refractivity contribution in [2.24, 2.45) is 5.14 Å². The van der Waals surface area contributed by atoms with Gasteiger partial charge in [0, 0.05) is 18.7 Å². The summed E-state index contributed by atoms with van der Waals surface area (Å²) in [5.74, 6) is -0.313. The van der Waals surface area contributed by atoms with E-state index < -0.39 is 10.0 Å². The monoisotopic (exact) mass is 312 g/mol. The van der Waals surface area contributed by atoms with Gasteiger partial charge in [-0.3, -0.25) is 4.79 Å². The van der Waals surface area contributed by atoms with Crippen LogP contribution in [0.15, 0.2) is 23.1 Å². The van der Waals surface area contributed by atoms with Crippen LogP contribution >= 0.6 is 0 Å². The highest BCUT2D eigenvalue weighted by Crippen LogP contribution is 2.15. The van der Waals surface area contributed by atoms with Crippen LogP contribution in [0.25, 0.3) is 0 Å². The van der Waals surface area contributed by atoms with Gasteiger partial charge in [-0.1, -0.05) is 6.07 Å².